The van der Waals surface area contributed by atoms with E-state index in [4.69, 9.17) is 5.73 Å². The maximum atomic E-state index is 5.73. The number of halogens is 2. The molecule has 0 spiro atoms. The zero-order chi connectivity index (χ0) is 11.4. The van der Waals surface area contributed by atoms with Crippen molar-refractivity contribution in [1.82, 2.24) is 0 Å². The summed E-state index contributed by atoms with van der Waals surface area (Å²) in [4.78, 5) is 4.19. The van der Waals surface area contributed by atoms with Crippen LogP contribution in [-0.4, -0.2) is 12.0 Å². The fourth-order valence-electron chi connectivity index (χ4n) is 1.04. The second-order valence-electron chi connectivity index (χ2n) is 3.36. The number of nitrogens with one attached hydrogen (secondary N) is 1. The van der Waals surface area contributed by atoms with Crippen molar-refractivity contribution in [2.24, 2.45) is 10.7 Å². The lowest BCUT2D eigenvalue weighted by Crippen LogP contribution is -2.24. The predicted octanol–water partition coefficient (Wildman–Crippen LogP) is 3.35. The summed E-state index contributed by atoms with van der Waals surface area (Å²) < 4.78 is 1.94. The number of aliphatic imine (C=N–C) groups is 1. The summed E-state index contributed by atoms with van der Waals surface area (Å²) in [5, 5.41) is 3.03. The molecule has 0 bridgehead atoms. The summed E-state index contributed by atoms with van der Waals surface area (Å²) >= 11 is 6.83. The molecule has 0 fully saturated rings. The first-order valence-corrected chi connectivity index (χ1v) is 6.13. The van der Waals surface area contributed by atoms with E-state index in [0.29, 0.717) is 5.96 Å². The molecule has 0 saturated carbocycles. The quantitative estimate of drug-likeness (QED) is 0.643. The van der Waals surface area contributed by atoms with Gasteiger partial charge < -0.3 is 11.1 Å². The summed E-state index contributed by atoms with van der Waals surface area (Å²) in [5.41, 5.74) is 6.62. The van der Waals surface area contributed by atoms with Crippen LogP contribution in [-0.2, 0) is 0 Å². The lowest BCUT2D eigenvalue weighted by atomic mass is 10.3. The minimum Gasteiger partial charge on any atom is -0.370 e. The van der Waals surface area contributed by atoms with Crippen molar-refractivity contribution in [2.45, 2.75) is 19.9 Å². The van der Waals surface area contributed by atoms with E-state index in [1.165, 1.54) is 0 Å². The first-order chi connectivity index (χ1) is 6.99. The summed E-state index contributed by atoms with van der Waals surface area (Å²) in [5.74, 6) is 0.420. The minimum absolute atomic E-state index is 0.184. The maximum Gasteiger partial charge on any atom is 0.193 e. The molecule has 0 aliphatic rings. The van der Waals surface area contributed by atoms with Crippen LogP contribution < -0.4 is 11.1 Å². The van der Waals surface area contributed by atoms with E-state index in [1.807, 2.05) is 32.0 Å². The monoisotopic (exact) mass is 333 g/mol. The third-order valence-corrected chi connectivity index (χ3v) is 2.77. The highest BCUT2D eigenvalue weighted by molar-refractivity contribution is 9.11. The highest BCUT2D eigenvalue weighted by atomic mass is 79.9. The Hall–Kier alpha value is -0.550. The molecule has 0 aromatic heterocycles. The van der Waals surface area contributed by atoms with Gasteiger partial charge in [-0.3, -0.25) is 4.99 Å². The smallest absolute Gasteiger partial charge is 0.193 e. The summed E-state index contributed by atoms with van der Waals surface area (Å²) in [6.07, 6.45) is 0. The van der Waals surface area contributed by atoms with Crippen LogP contribution in [0.3, 0.4) is 0 Å². The number of guanidine groups is 1. The second kappa shape index (κ2) is 5.51. The van der Waals surface area contributed by atoms with Gasteiger partial charge in [-0.2, -0.15) is 0 Å². The maximum absolute atomic E-state index is 5.73. The molecule has 1 aromatic rings. The van der Waals surface area contributed by atoms with E-state index in [9.17, 15) is 0 Å². The predicted molar refractivity (Wildman–Crippen MR) is 72.2 cm³/mol. The Kier molecular flexibility index (Phi) is 4.60. The van der Waals surface area contributed by atoms with Crippen LogP contribution in [0.15, 0.2) is 32.1 Å². The first-order valence-electron chi connectivity index (χ1n) is 4.54. The lowest BCUT2D eigenvalue weighted by molar-refractivity contribution is 0.833. The minimum atomic E-state index is 0.184. The van der Waals surface area contributed by atoms with Crippen molar-refractivity contribution in [2.75, 3.05) is 5.32 Å². The topological polar surface area (TPSA) is 50.4 Å². The number of rotatable bonds is 2. The van der Waals surface area contributed by atoms with Gasteiger partial charge in [0.1, 0.15) is 0 Å². The molecule has 3 N–H and O–H groups in total. The average molecular weight is 335 g/mol. The molecular weight excluding hydrogens is 322 g/mol. The molecule has 1 rings (SSSR count). The molecule has 0 heterocycles. The Morgan fingerprint density at radius 2 is 2.07 bits per heavy atom. The van der Waals surface area contributed by atoms with Gasteiger partial charge in [0.05, 0.1) is 5.69 Å². The number of anilines is 1. The zero-order valence-electron chi connectivity index (χ0n) is 8.59. The van der Waals surface area contributed by atoms with Crippen molar-refractivity contribution >= 4 is 43.5 Å². The van der Waals surface area contributed by atoms with Gasteiger partial charge in [-0.05, 0) is 48.0 Å². The Labute approximate surface area is 106 Å². The van der Waals surface area contributed by atoms with Gasteiger partial charge in [0, 0.05) is 15.0 Å². The summed E-state index contributed by atoms with van der Waals surface area (Å²) in [6.45, 7) is 3.95. The summed E-state index contributed by atoms with van der Waals surface area (Å²) in [6, 6.07) is 6.01. The molecule has 0 aliphatic heterocycles. The van der Waals surface area contributed by atoms with E-state index < -0.39 is 0 Å². The van der Waals surface area contributed by atoms with Crippen LogP contribution in [0.4, 0.5) is 5.69 Å². The van der Waals surface area contributed by atoms with Gasteiger partial charge in [0.2, 0.25) is 0 Å². The fraction of sp³-hybridized carbons (Fsp3) is 0.300. The fourth-order valence-corrected chi connectivity index (χ4v) is 1.75. The SMILES string of the molecule is CC(C)N=C(N)Nc1cc(Br)ccc1Br. The van der Waals surface area contributed by atoms with Crippen LogP contribution in [0.2, 0.25) is 0 Å². The molecule has 0 unspecified atom stereocenters. The van der Waals surface area contributed by atoms with Crippen molar-refractivity contribution in [3.05, 3.63) is 27.1 Å². The van der Waals surface area contributed by atoms with E-state index in [-0.39, 0.29) is 6.04 Å². The Bertz CT molecular complexity index is 375. The van der Waals surface area contributed by atoms with Gasteiger partial charge in [-0.25, -0.2) is 0 Å². The van der Waals surface area contributed by atoms with Gasteiger partial charge >= 0.3 is 0 Å². The van der Waals surface area contributed by atoms with Crippen molar-refractivity contribution in [3.63, 3.8) is 0 Å². The normalized spacial score (nSPS) is 11.9. The number of nitrogens with two attached hydrogens (primary N) is 1. The number of benzene rings is 1. The summed E-state index contributed by atoms with van der Waals surface area (Å²) in [7, 11) is 0. The second-order valence-corrected chi connectivity index (χ2v) is 5.13. The molecule has 0 amide bonds. The van der Waals surface area contributed by atoms with E-state index in [1.54, 1.807) is 0 Å². The van der Waals surface area contributed by atoms with E-state index in [0.717, 1.165) is 14.6 Å². The average Bonchev–Trinajstić information content (AvgIpc) is 2.10. The van der Waals surface area contributed by atoms with Crippen LogP contribution >= 0.6 is 31.9 Å². The highest BCUT2D eigenvalue weighted by Gasteiger charge is 2.02. The van der Waals surface area contributed by atoms with Crippen LogP contribution in [0, 0.1) is 0 Å². The number of hydrogen-bond donors (Lipinski definition) is 2. The van der Waals surface area contributed by atoms with E-state index in [2.05, 4.69) is 42.2 Å². The Morgan fingerprint density at radius 3 is 2.67 bits per heavy atom. The van der Waals surface area contributed by atoms with Crippen LogP contribution in [0.1, 0.15) is 13.8 Å². The Morgan fingerprint density at radius 1 is 1.40 bits per heavy atom. The number of hydrogen-bond acceptors (Lipinski definition) is 1. The van der Waals surface area contributed by atoms with Gasteiger partial charge in [-0.15, -0.1) is 0 Å². The molecule has 82 valence electrons. The standard InChI is InChI=1S/C10H13Br2N3/c1-6(2)14-10(13)15-9-5-7(11)3-4-8(9)12/h3-6H,1-2H3,(H3,13,14,15). The molecule has 0 aliphatic carbocycles. The highest BCUT2D eigenvalue weighted by Crippen LogP contribution is 2.25. The zero-order valence-corrected chi connectivity index (χ0v) is 11.8. The van der Waals surface area contributed by atoms with Crippen molar-refractivity contribution in [3.8, 4) is 0 Å². The molecule has 0 saturated heterocycles. The van der Waals surface area contributed by atoms with Crippen LogP contribution in [0.5, 0.6) is 0 Å². The van der Waals surface area contributed by atoms with Crippen molar-refractivity contribution < 1.29 is 0 Å². The van der Waals surface area contributed by atoms with Crippen molar-refractivity contribution in [1.29, 1.82) is 0 Å². The molecule has 1 aromatic carbocycles. The van der Waals surface area contributed by atoms with Gasteiger partial charge in [0.25, 0.3) is 0 Å². The number of nitrogens with zero attached hydrogens (tertiary/aromatic N) is 1. The first kappa shape index (κ1) is 12.5. The molecule has 0 atom stereocenters. The molecule has 3 nitrogen and oxygen atoms in total. The third kappa shape index (κ3) is 4.22. The molecule has 0 radical (unpaired) electrons. The third-order valence-electron chi connectivity index (χ3n) is 1.59. The molecule has 5 heteroatoms. The Balaban J connectivity index is 2.85. The molecular formula is C10H13Br2N3. The molecule has 15 heavy (non-hydrogen) atoms. The van der Waals surface area contributed by atoms with E-state index >= 15 is 0 Å². The largest absolute Gasteiger partial charge is 0.370 e. The van der Waals surface area contributed by atoms with Gasteiger partial charge in [-0.1, -0.05) is 15.9 Å². The lowest BCUT2D eigenvalue weighted by Gasteiger charge is -2.09. The van der Waals surface area contributed by atoms with Gasteiger partial charge in [0.15, 0.2) is 5.96 Å². The van der Waals surface area contributed by atoms with Crippen LogP contribution in [0.25, 0.3) is 0 Å².